The van der Waals surface area contributed by atoms with E-state index < -0.39 is 5.82 Å². The maximum Gasteiger partial charge on any atom is 0.261 e. The number of nitrogens with zero attached hydrogens (tertiary/aromatic N) is 3. The Hall–Kier alpha value is -2.50. The van der Waals surface area contributed by atoms with Crippen LogP contribution in [0.25, 0.3) is 11.0 Å². The number of halogens is 1. The predicted molar refractivity (Wildman–Crippen MR) is 88.0 cm³/mol. The van der Waals surface area contributed by atoms with E-state index in [1.165, 1.54) is 6.07 Å². The highest BCUT2D eigenvalue weighted by Crippen LogP contribution is 2.37. The summed E-state index contributed by atoms with van der Waals surface area (Å²) in [7, 11) is 0. The smallest absolute Gasteiger partial charge is 0.261 e. The first-order valence-electron chi connectivity index (χ1n) is 8.37. The summed E-state index contributed by atoms with van der Waals surface area (Å²) in [6.45, 7) is 2.79. The fourth-order valence-electron chi connectivity index (χ4n) is 3.62. The molecule has 0 saturated heterocycles. The van der Waals surface area contributed by atoms with Crippen LogP contribution in [-0.2, 0) is 16.1 Å². The van der Waals surface area contributed by atoms with Crippen LogP contribution in [0.1, 0.15) is 39.0 Å². The minimum absolute atomic E-state index is 0.0322. The van der Waals surface area contributed by atoms with Crippen molar-refractivity contribution in [2.75, 3.05) is 4.90 Å². The van der Waals surface area contributed by atoms with Gasteiger partial charge in [-0.3, -0.25) is 9.59 Å². The molecule has 1 aromatic heterocycles. The van der Waals surface area contributed by atoms with Crippen LogP contribution < -0.4 is 4.90 Å². The van der Waals surface area contributed by atoms with E-state index in [0.29, 0.717) is 29.5 Å². The highest BCUT2D eigenvalue weighted by Gasteiger charge is 2.40. The fraction of sp³-hybridized carbons (Fsp3) is 0.389. The molecule has 2 heterocycles. The van der Waals surface area contributed by atoms with Gasteiger partial charge in [0, 0.05) is 23.8 Å². The Morgan fingerprint density at radius 3 is 2.42 bits per heavy atom. The summed E-state index contributed by atoms with van der Waals surface area (Å²) in [4.78, 5) is 30.5. The number of imidazole rings is 1. The molecule has 0 bridgehead atoms. The van der Waals surface area contributed by atoms with Gasteiger partial charge in [0.2, 0.25) is 0 Å². The molecule has 2 amide bonds. The van der Waals surface area contributed by atoms with Gasteiger partial charge in [0.1, 0.15) is 5.82 Å². The molecule has 0 atom stereocenters. The molecule has 4 rings (SSSR count). The van der Waals surface area contributed by atoms with Gasteiger partial charge in [0.15, 0.2) is 0 Å². The van der Waals surface area contributed by atoms with Gasteiger partial charge < -0.3 is 4.57 Å². The first-order valence-corrected chi connectivity index (χ1v) is 8.37. The summed E-state index contributed by atoms with van der Waals surface area (Å²) in [5.74, 6) is -1.32. The van der Waals surface area contributed by atoms with E-state index >= 15 is 0 Å². The second-order valence-electron chi connectivity index (χ2n) is 6.34. The summed E-state index contributed by atoms with van der Waals surface area (Å²) in [5, 5.41) is 0. The number of anilines is 1. The monoisotopic (exact) mass is 327 g/mol. The van der Waals surface area contributed by atoms with Crippen LogP contribution in [0, 0.1) is 5.82 Å². The van der Waals surface area contributed by atoms with Crippen LogP contribution in [0.2, 0.25) is 0 Å². The number of rotatable bonds is 3. The van der Waals surface area contributed by atoms with Crippen molar-refractivity contribution >= 4 is 28.5 Å². The van der Waals surface area contributed by atoms with Crippen molar-refractivity contribution in [3.05, 3.63) is 35.4 Å². The molecule has 0 N–H and O–H groups in total. The third-order valence-electron chi connectivity index (χ3n) is 4.79. The second-order valence-corrected chi connectivity index (χ2v) is 6.34. The third kappa shape index (κ3) is 2.09. The largest absolute Gasteiger partial charge is 0.331 e. The fourth-order valence-corrected chi connectivity index (χ4v) is 3.62. The molecule has 0 unspecified atom stereocenters. The maximum absolute atomic E-state index is 14.6. The minimum Gasteiger partial charge on any atom is -0.331 e. The quantitative estimate of drug-likeness (QED) is 0.813. The molecule has 0 saturated carbocycles. The Kier molecular flexibility index (Phi) is 3.48. The van der Waals surface area contributed by atoms with E-state index in [4.69, 9.17) is 0 Å². The Labute approximate surface area is 138 Å². The first-order chi connectivity index (χ1) is 11.6. The van der Waals surface area contributed by atoms with E-state index in [9.17, 15) is 14.0 Å². The van der Waals surface area contributed by atoms with E-state index in [1.54, 1.807) is 12.4 Å². The van der Waals surface area contributed by atoms with Gasteiger partial charge in [-0.25, -0.2) is 14.3 Å². The van der Waals surface area contributed by atoms with E-state index in [0.717, 1.165) is 36.2 Å². The number of hydrogen-bond donors (Lipinski definition) is 0. The number of amides is 2. The zero-order chi connectivity index (χ0) is 16.8. The summed E-state index contributed by atoms with van der Waals surface area (Å²) < 4.78 is 16.5. The lowest BCUT2D eigenvalue weighted by atomic mass is 9.93. The summed E-state index contributed by atoms with van der Waals surface area (Å²) in [6.07, 6.45) is 5.58. The van der Waals surface area contributed by atoms with Gasteiger partial charge >= 0.3 is 0 Å². The number of aromatic nitrogens is 2. The lowest BCUT2D eigenvalue weighted by molar-refractivity contribution is -0.120. The van der Waals surface area contributed by atoms with Crippen LogP contribution in [0.5, 0.6) is 0 Å². The molecular formula is C18H18FN3O2. The van der Waals surface area contributed by atoms with Crippen LogP contribution in [0.3, 0.4) is 0 Å². The molecule has 1 aromatic carbocycles. The van der Waals surface area contributed by atoms with Crippen molar-refractivity contribution in [1.29, 1.82) is 0 Å². The number of aryl methyl sites for hydroxylation is 1. The molecule has 2 aliphatic rings. The average molecular weight is 327 g/mol. The van der Waals surface area contributed by atoms with Crippen molar-refractivity contribution in [1.82, 2.24) is 9.55 Å². The number of carbonyl (C=O) groups is 2. The topological polar surface area (TPSA) is 55.2 Å². The number of imide groups is 1. The SMILES string of the molecule is CCCn1cnc2cc(F)c(N3C(=O)C4=C(CCCC4)C3=O)cc21. The van der Waals surface area contributed by atoms with Gasteiger partial charge in [-0.2, -0.15) is 0 Å². The number of carbonyl (C=O) groups excluding carboxylic acids is 2. The van der Waals surface area contributed by atoms with E-state index in [2.05, 4.69) is 4.98 Å². The first kappa shape index (κ1) is 15.1. The zero-order valence-electron chi connectivity index (χ0n) is 13.5. The van der Waals surface area contributed by atoms with Crippen molar-refractivity contribution in [3.8, 4) is 0 Å². The Morgan fingerprint density at radius 2 is 1.79 bits per heavy atom. The normalized spacial score (nSPS) is 18.0. The van der Waals surface area contributed by atoms with Gasteiger partial charge in [0.05, 0.1) is 23.0 Å². The lowest BCUT2D eigenvalue weighted by Gasteiger charge is -2.16. The molecule has 0 radical (unpaired) electrons. The Balaban J connectivity index is 1.82. The van der Waals surface area contributed by atoms with Crippen LogP contribution >= 0.6 is 0 Å². The van der Waals surface area contributed by atoms with Gasteiger partial charge in [-0.05, 0) is 38.2 Å². The van der Waals surface area contributed by atoms with Crippen molar-refractivity contribution in [2.24, 2.45) is 0 Å². The number of fused-ring (bicyclic) bond motifs is 1. The van der Waals surface area contributed by atoms with Crippen molar-refractivity contribution in [3.63, 3.8) is 0 Å². The van der Waals surface area contributed by atoms with Gasteiger partial charge in [0.25, 0.3) is 11.8 Å². The minimum atomic E-state index is -0.592. The molecule has 124 valence electrons. The standard InChI is InChI=1S/C18H18FN3O2/c1-2-7-21-10-20-14-8-13(19)15(9-16(14)21)22-17(23)11-5-3-4-6-12(11)18(22)24/h8-10H,2-7H2,1H3. The molecule has 2 aromatic rings. The molecule has 24 heavy (non-hydrogen) atoms. The summed E-state index contributed by atoms with van der Waals surface area (Å²) >= 11 is 0. The zero-order valence-corrected chi connectivity index (χ0v) is 13.5. The second kappa shape index (κ2) is 5.54. The average Bonchev–Trinajstić information content (AvgIpc) is 3.07. The van der Waals surface area contributed by atoms with Crippen molar-refractivity contribution < 1.29 is 14.0 Å². The summed E-state index contributed by atoms with van der Waals surface area (Å²) in [6, 6.07) is 2.87. The maximum atomic E-state index is 14.6. The third-order valence-corrected chi connectivity index (χ3v) is 4.79. The number of benzene rings is 1. The van der Waals surface area contributed by atoms with Gasteiger partial charge in [-0.1, -0.05) is 6.92 Å². The molecule has 5 nitrogen and oxygen atoms in total. The Morgan fingerprint density at radius 1 is 1.12 bits per heavy atom. The van der Waals surface area contributed by atoms with Crippen LogP contribution in [0.4, 0.5) is 10.1 Å². The lowest BCUT2D eigenvalue weighted by Crippen LogP contribution is -2.32. The molecule has 6 heteroatoms. The molecule has 1 aliphatic carbocycles. The number of hydrogen-bond acceptors (Lipinski definition) is 3. The van der Waals surface area contributed by atoms with Gasteiger partial charge in [-0.15, -0.1) is 0 Å². The van der Waals surface area contributed by atoms with E-state index in [-0.39, 0.29) is 17.5 Å². The van der Waals surface area contributed by atoms with Crippen LogP contribution in [-0.4, -0.2) is 21.4 Å². The highest BCUT2D eigenvalue weighted by molar-refractivity contribution is 6.33. The Bertz CT molecular complexity index is 869. The van der Waals surface area contributed by atoms with Crippen molar-refractivity contribution in [2.45, 2.75) is 45.6 Å². The van der Waals surface area contributed by atoms with E-state index in [1.807, 2.05) is 11.5 Å². The highest BCUT2D eigenvalue weighted by atomic mass is 19.1. The molecule has 0 spiro atoms. The molecule has 0 fully saturated rings. The molecular weight excluding hydrogens is 309 g/mol. The predicted octanol–water partition coefficient (Wildman–Crippen LogP) is 3.33. The van der Waals surface area contributed by atoms with Crippen LogP contribution in [0.15, 0.2) is 29.6 Å². The summed E-state index contributed by atoms with van der Waals surface area (Å²) in [5.41, 5.74) is 2.42. The molecule has 1 aliphatic heterocycles.